The maximum absolute atomic E-state index is 11.7. The lowest BCUT2D eigenvalue weighted by molar-refractivity contribution is -0.118. The number of hydrogen-bond donors (Lipinski definition) is 2. The van der Waals surface area contributed by atoms with Crippen LogP contribution in [0.4, 0.5) is 4.79 Å². The molecule has 0 aromatic carbocycles. The van der Waals surface area contributed by atoms with Crippen molar-refractivity contribution in [2.24, 2.45) is 0 Å². The highest BCUT2D eigenvalue weighted by molar-refractivity contribution is 5.74. The minimum atomic E-state index is -0.0320. The van der Waals surface area contributed by atoms with Gasteiger partial charge in [0.2, 0.25) is 5.91 Å². The molecule has 1 saturated heterocycles. The Morgan fingerprint density at radius 3 is 2.24 bits per heavy atom. The summed E-state index contributed by atoms with van der Waals surface area (Å²) in [5.41, 5.74) is 0. The van der Waals surface area contributed by atoms with Crippen LogP contribution in [-0.2, 0) is 4.79 Å². The fourth-order valence-corrected chi connectivity index (χ4v) is 1.67. The monoisotopic (exact) mass is 242 g/mol. The van der Waals surface area contributed by atoms with Crippen molar-refractivity contribution in [3.8, 4) is 0 Å². The summed E-state index contributed by atoms with van der Waals surface area (Å²) in [6.45, 7) is 6.13. The third-order valence-electron chi connectivity index (χ3n) is 2.79. The molecule has 1 rings (SSSR count). The molecule has 0 atom stereocenters. The van der Waals surface area contributed by atoms with E-state index in [2.05, 4.69) is 22.6 Å². The second-order valence-corrected chi connectivity index (χ2v) is 4.36. The average molecular weight is 242 g/mol. The number of carbonyl (C=O) groups is 2. The first-order valence-electron chi connectivity index (χ1n) is 6.05. The van der Waals surface area contributed by atoms with Crippen LogP contribution in [0, 0.1) is 0 Å². The highest BCUT2D eigenvalue weighted by Crippen LogP contribution is 1.98. The van der Waals surface area contributed by atoms with E-state index in [-0.39, 0.29) is 11.9 Å². The lowest BCUT2D eigenvalue weighted by Gasteiger charge is -2.32. The highest BCUT2D eigenvalue weighted by atomic mass is 16.2. The second kappa shape index (κ2) is 7.11. The number of likely N-dealkylation sites (N-methyl/N-ethyl adjacent to an activating group) is 1. The van der Waals surface area contributed by atoms with Gasteiger partial charge in [-0.05, 0) is 13.5 Å². The molecular formula is C11H22N4O2. The van der Waals surface area contributed by atoms with E-state index in [1.165, 1.54) is 6.92 Å². The number of nitrogens with one attached hydrogen (secondary N) is 2. The summed E-state index contributed by atoms with van der Waals surface area (Å²) >= 11 is 0. The summed E-state index contributed by atoms with van der Waals surface area (Å²) in [5.74, 6) is -0.0320. The van der Waals surface area contributed by atoms with Crippen LogP contribution in [0.1, 0.15) is 13.3 Å². The van der Waals surface area contributed by atoms with Gasteiger partial charge in [-0.2, -0.15) is 0 Å². The van der Waals surface area contributed by atoms with Crippen molar-refractivity contribution in [2.75, 3.05) is 46.3 Å². The topological polar surface area (TPSA) is 64.7 Å². The average Bonchev–Trinajstić information content (AvgIpc) is 2.29. The SMILES string of the molecule is CC(=O)NCCCNC(=O)N1CCN(C)CC1. The summed E-state index contributed by atoms with van der Waals surface area (Å²) < 4.78 is 0. The summed E-state index contributed by atoms with van der Waals surface area (Å²) in [7, 11) is 2.06. The fourth-order valence-electron chi connectivity index (χ4n) is 1.67. The maximum atomic E-state index is 11.7. The Kier molecular flexibility index (Phi) is 5.76. The summed E-state index contributed by atoms with van der Waals surface area (Å²) in [5, 5.41) is 5.55. The normalized spacial score (nSPS) is 16.7. The van der Waals surface area contributed by atoms with E-state index in [9.17, 15) is 9.59 Å². The maximum Gasteiger partial charge on any atom is 0.317 e. The first-order valence-corrected chi connectivity index (χ1v) is 6.05. The molecule has 2 N–H and O–H groups in total. The Balaban J connectivity index is 2.06. The van der Waals surface area contributed by atoms with Gasteiger partial charge in [0.15, 0.2) is 0 Å². The largest absolute Gasteiger partial charge is 0.356 e. The zero-order valence-electron chi connectivity index (χ0n) is 10.7. The molecule has 6 heteroatoms. The Morgan fingerprint density at radius 2 is 1.65 bits per heavy atom. The first kappa shape index (κ1) is 13.8. The van der Waals surface area contributed by atoms with Gasteiger partial charge in [-0.15, -0.1) is 0 Å². The quantitative estimate of drug-likeness (QED) is 0.651. The molecule has 1 fully saturated rings. The standard InChI is InChI=1S/C11H22N4O2/c1-10(16)12-4-3-5-13-11(17)15-8-6-14(2)7-9-15/h3-9H2,1-2H3,(H,12,16)(H,13,17). The van der Waals surface area contributed by atoms with Crippen LogP contribution in [0.2, 0.25) is 0 Å². The number of amides is 3. The van der Waals surface area contributed by atoms with Crippen LogP contribution in [0.25, 0.3) is 0 Å². The van der Waals surface area contributed by atoms with E-state index in [1.54, 1.807) is 0 Å². The third kappa shape index (κ3) is 5.53. The van der Waals surface area contributed by atoms with Gasteiger partial charge >= 0.3 is 6.03 Å². The summed E-state index contributed by atoms with van der Waals surface area (Å²) in [6, 6.07) is 0.000856. The zero-order valence-corrected chi connectivity index (χ0v) is 10.7. The Hall–Kier alpha value is -1.30. The Labute approximate surface area is 102 Å². The number of piperazine rings is 1. The fraction of sp³-hybridized carbons (Fsp3) is 0.818. The van der Waals surface area contributed by atoms with Crippen molar-refractivity contribution in [3.63, 3.8) is 0 Å². The molecule has 0 aliphatic carbocycles. The minimum absolute atomic E-state index is 0.000856. The number of nitrogens with zero attached hydrogens (tertiary/aromatic N) is 2. The van der Waals surface area contributed by atoms with Crippen molar-refractivity contribution in [1.82, 2.24) is 20.4 Å². The van der Waals surface area contributed by atoms with Crippen LogP contribution in [0.15, 0.2) is 0 Å². The van der Waals surface area contributed by atoms with Crippen LogP contribution >= 0.6 is 0 Å². The molecule has 0 saturated carbocycles. The van der Waals surface area contributed by atoms with Crippen molar-refractivity contribution in [1.29, 1.82) is 0 Å². The smallest absolute Gasteiger partial charge is 0.317 e. The molecule has 3 amide bonds. The Bertz CT molecular complexity index is 262. The highest BCUT2D eigenvalue weighted by Gasteiger charge is 2.17. The van der Waals surface area contributed by atoms with Gasteiger partial charge < -0.3 is 20.4 Å². The van der Waals surface area contributed by atoms with E-state index in [4.69, 9.17) is 0 Å². The van der Waals surface area contributed by atoms with Gasteiger partial charge in [-0.1, -0.05) is 0 Å². The molecule has 0 radical (unpaired) electrons. The molecule has 0 aromatic heterocycles. The van der Waals surface area contributed by atoms with Gasteiger partial charge in [-0.25, -0.2) is 4.79 Å². The first-order chi connectivity index (χ1) is 8.09. The van der Waals surface area contributed by atoms with Gasteiger partial charge in [0.25, 0.3) is 0 Å². The molecule has 0 spiro atoms. The van der Waals surface area contributed by atoms with E-state index in [0.29, 0.717) is 13.1 Å². The predicted octanol–water partition coefficient (Wildman–Crippen LogP) is -0.530. The lowest BCUT2D eigenvalue weighted by Crippen LogP contribution is -2.50. The van der Waals surface area contributed by atoms with Crippen molar-refractivity contribution in [2.45, 2.75) is 13.3 Å². The number of hydrogen-bond acceptors (Lipinski definition) is 3. The van der Waals surface area contributed by atoms with E-state index >= 15 is 0 Å². The van der Waals surface area contributed by atoms with E-state index in [0.717, 1.165) is 32.6 Å². The molecule has 1 aliphatic rings. The molecule has 17 heavy (non-hydrogen) atoms. The van der Waals surface area contributed by atoms with Crippen LogP contribution in [-0.4, -0.2) is 68.1 Å². The molecule has 1 aliphatic heterocycles. The number of urea groups is 1. The molecule has 0 aromatic rings. The zero-order chi connectivity index (χ0) is 12.7. The third-order valence-corrected chi connectivity index (χ3v) is 2.79. The molecule has 0 unspecified atom stereocenters. The molecule has 1 heterocycles. The van der Waals surface area contributed by atoms with Gasteiger partial charge in [0.05, 0.1) is 0 Å². The van der Waals surface area contributed by atoms with Crippen molar-refractivity contribution in [3.05, 3.63) is 0 Å². The molecule has 0 bridgehead atoms. The second-order valence-electron chi connectivity index (χ2n) is 4.36. The van der Waals surface area contributed by atoms with E-state index < -0.39 is 0 Å². The number of rotatable bonds is 4. The molecule has 98 valence electrons. The molecular weight excluding hydrogens is 220 g/mol. The van der Waals surface area contributed by atoms with Crippen molar-refractivity contribution < 1.29 is 9.59 Å². The summed E-state index contributed by atoms with van der Waals surface area (Å²) in [4.78, 5) is 26.4. The van der Waals surface area contributed by atoms with Gasteiger partial charge in [0.1, 0.15) is 0 Å². The van der Waals surface area contributed by atoms with E-state index in [1.807, 2.05) is 4.90 Å². The van der Waals surface area contributed by atoms with Crippen LogP contribution in [0.5, 0.6) is 0 Å². The van der Waals surface area contributed by atoms with Crippen molar-refractivity contribution >= 4 is 11.9 Å². The van der Waals surface area contributed by atoms with Gasteiger partial charge in [-0.3, -0.25) is 4.79 Å². The predicted molar refractivity (Wildman–Crippen MR) is 65.8 cm³/mol. The minimum Gasteiger partial charge on any atom is -0.356 e. The Morgan fingerprint density at radius 1 is 1.06 bits per heavy atom. The van der Waals surface area contributed by atoms with Crippen LogP contribution in [0.3, 0.4) is 0 Å². The van der Waals surface area contributed by atoms with Gasteiger partial charge in [0, 0.05) is 46.2 Å². The summed E-state index contributed by atoms with van der Waals surface area (Å²) in [6.07, 6.45) is 0.763. The van der Waals surface area contributed by atoms with Crippen LogP contribution < -0.4 is 10.6 Å². The lowest BCUT2D eigenvalue weighted by atomic mass is 10.3. The molecule has 6 nitrogen and oxygen atoms in total. The number of carbonyl (C=O) groups excluding carboxylic acids is 2.